The standard InChI is InChI=1S/C10H9ClN2OS/c1-13-6-12-5-8(13)9(14)4-7-2-3-10(11)15-7/h2-3,5-6H,4H2,1H3. The van der Waals surface area contributed by atoms with E-state index in [9.17, 15) is 4.79 Å². The summed E-state index contributed by atoms with van der Waals surface area (Å²) in [4.78, 5) is 16.7. The summed E-state index contributed by atoms with van der Waals surface area (Å²) >= 11 is 7.22. The van der Waals surface area contributed by atoms with Crippen molar-refractivity contribution >= 4 is 28.7 Å². The second-order valence-electron chi connectivity index (χ2n) is 3.20. The lowest BCUT2D eigenvalue weighted by molar-refractivity contribution is 0.0986. The molecule has 0 atom stereocenters. The predicted octanol–water partition coefficient (Wildman–Crippen LogP) is 2.56. The molecule has 78 valence electrons. The van der Waals surface area contributed by atoms with E-state index in [4.69, 9.17) is 11.6 Å². The van der Waals surface area contributed by atoms with E-state index in [0.29, 0.717) is 16.5 Å². The summed E-state index contributed by atoms with van der Waals surface area (Å²) in [6.45, 7) is 0. The molecule has 0 bridgehead atoms. The van der Waals surface area contributed by atoms with Gasteiger partial charge in [0.2, 0.25) is 0 Å². The Hall–Kier alpha value is -1.13. The molecule has 0 saturated heterocycles. The molecule has 0 aromatic carbocycles. The third-order valence-corrected chi connectivity index (χ3v) is 3.30. The van der Waals surface area contributed by atoms with Gasteiger partial charge < -0.3 is 4.57 Å². The zero-order valence-electron chi connectivity index (χ0n) is 8.11. The van der Waals surface area contributed by atoms with Crippen LogP contribution >= 0.6 is 22.9 Å². The minimum Gasteiger partial charge on any atom is -0.331 e. The Kier molecular flexibility index (Phi) is 2.88. The Balaban J connectivity index is 2.14. The van der Waals surface area contributed by atoms with Gasteiger partial charge >= 0.3 is 0 Å². The number of hydrogen-bond acceptors (Lipinski definition) is 3. The Labute approximate surface area is 96.3 Å². The molecule has 2 heterocycles. The zero-order chi connectivity index (χ0) is 10.8. The van der Waals surface area contributed by atoms with Gasteiger partial charge in [-0.15, -0.1) is 11.3 Å². The molecule has 0 aliphatic carbocycles. The van der Waals surface area contributed by atoms with Crippen LogP contribution in [0.25, 0.3) is 0 Å². The van der Waals surface area contributed by atoms with Crippen LogP contribution in [0.4, 0.5) is 0 Å². The number of hydrogen-bond donors (Lipinski definition) is 0. The minimum atomic E-state index is 0.0634. The van der Waals surface area contributed by atoms with E-state index < -0.39 is 0 Å². The summed E-state index contributed by atoms with van der Waals surface area (Å²) in [5.74, 6) is 0.0634. The van der Waals surface area contributed by atoms with Crippen molar-refractivity contribution in [3.05, 3.63) is 39.6 Å². The van der Waals surface area contributed by atoms with Crippen LogP contribution in [0.1, 0.15) is 15.4 Å². The summed E-state index contributed by atoms with van der Waals surface area (Å²) in [6.07, 6.45) is 3.59. The molecule has 2 rings (SSSR count). The van der Waals surface area contributed by atoms with Crippen molar-refractivity contribution in [2.24, 2.45) is 7.05 Å². The molecule has 0 fully saturated rings. The highest BCUT2D eigenvalue weighted by atomic mass is 35.5. The van der Waals surface area contributed by atoms with Crippen molar-refractivity contribution in [3.63, 3.8) is 0 Å². The van der Waals surface area contributed by atoms with Gasteiger partial charge in [0.05, 0.1) is 16.9 Å². The number of nitrogens with zero attached hydrogens (tertiary/aromatic N) is 2. The number of aryl methyl sites for hydroxylation is 1. The molecule has 0 saturated carbocycles. The number of Topliss-reactive ketones (excluding diaryl/α,β-unsaturated/α-hetero) is 1. The fourth-order valence-electron chi connectivity index (χ4n) is 1.32. The normalized spacial score (nSPS) is 10.5. The third kappa shape index (κ3) is 2.27. The lowest BCUT2D eigenvalue weighted by Gasteiger charge is -1.99. The Morgan fingerprint density at radius 1 is 1.60 bits per heavy atom. The van der Waals surface area contributed by atoms with E-state index in [2.05, 4.69) is 4.98 Å². The summed E-state index contributed by atoms with van der Waals surface area (Å²) in [6, 6.07) is 3.68. The molecule has 15 heavy (non-hydrogen) atoms. The molecule has 0 unspecified atom stereocenters. The average molecular weight is 241 g/mol. The SMILES string of the molecule is Cn1cncc1C(=O)Cc1ccc(Cl)s1. The second-order valence-corrected chi connectivity index (χ2v) is 5.00. The van der Waals surface area contributed by atoms with Crippen molar-refractivity contribution in [2.75, 3.05) is 0 Å². The van der Waals surface area contributed by atoms with Crippen molar-refractivity contribution in [3.8, 4) is 0 Å². The zero-order valence-corrected chi connectivity index (χ0v) is 9.68. The predicted molar refractivity (Wildman–Crippen MR) is 60.6 cm³/mol. The van der Waals surface area contributed by atoms with Gasteiger partial charge in [-0.05, 0) is 12.1 Å². The molecular formula is C10H9ClN2OS. The largest absolute Gasteiger partial charge is 0.331 e. The van der Waals surface area contributed by atoms with E-state index >= 15 is 0 Å². The van der Waals surface area contributed by atoms with Crippen molar-refractivity contribution in [1.82, 2.24) is 9.55 Å². The molecule has 0 radical (unpaired) electrons. The van der Waals surface area contributed by atoms with E-state index in [0.717, 1.165) is 4.88 Å². The van der Waals surface area contributed by atoms with Gasteiger partial charge in [0, 0.05) is 18.3 Å². The fraction of sp³-hybridized carbons (Fsp3) is 0.200. The fourth-order valence-corrected chi connectivity index (χ4v) is 2.41. The van der Waals surface area contributed by atoms with E-state index in [1.807, 2.05) is 13.1 Å². The van der Waals surface area contributed by atoms with Gasteiger partial charge in [0.25, 0.3) is 0 Å². The topological polar surface area (TPSA) is 34.9 Å². The molecule has 5 heteroatoms. The van der Waals surface area contributed by atoms with E-state index in [1.54, 1.807) is 23.2 Å². The lowest BCUT2D eigenvalue weighted by atomic mass is 10.2. The minimum absolute atomic E-state index is 0.0634. The van der Waals surface area contributed by atoms with Crippen molar-refractivity contribution in [2.45, 2.75) is 6.42 Å². The highest BCUT2D eigenvalue weighted by molar-refractivity contribution is 7.16. The van der Waals surface area contributed by atoms with Crippen LogP contribution < -0.4 is 0 Å². The number of carbonyl (C=O) groups is 1. The first kappa shape index (κ1) is 10.4. The van der Waals surface area contributed by atoms with Crippen LogP contribution in [-0.2, 0) is 13.5 Å². The van der Waals surface area contributed by atoms with Gasteiger partial charge in [-0.1, -0.05) is 11.6 Å². The van der Waals surface area contributed by atoms with Crippen molar-refractivity contribution < 1.29 is 4.79 Å². The molecule has 2 aromatic heterocycles. The summed E-state index contributed by atoms with van der Waals surface area (Å²) in [7, 11) is 1.81. The number of aromatic nitrogens is 2. The smallest absolute Gasteiger partial charge is 0.186 e. The van der Waals surface area contributed by atoms with Crippen LogP contribution in [0.2, 0.25) is 4.34 Å². The van der Waals surface area contributed by atoms with Gasteiger partial charge in [-0.25, -0.2) is 4.98 Å². The quantitative estimate of drug-likeness (QED) is 0.773. The average Bonchev–Trinajstić information content (AvgIpc) is 2.75. The van der Waals surface area contributed by atoms with Crippen LogP contribution in [0.3, 0.4) is 0 Å². The Bertz CT molecular complexity index is 489. The molecule has 0 N–H and O–H groups in total. The first-order chi connectivity index (χ1) is 7.16. The molecule has 0 spiro atoms. The number of thiophene rings is 1. The number of ketones is 1. The summed E-state index contributed by atoms with van der Waals surface area (Å²) in [5.41, 5.74) is 0.625. The first-order valence-electron chi connectivity index (χ1n) is 4.40. The molecule has 3 nitrogen and oxygen atoms in total. The first-order valence-corrected chi connectivity index (χ1v) is 5.60. The van der Waals surface area contributed by atoms with Gasteiger partial charge in [-0.3, -0.25) is 4.79 Å². The Morgan fingerprint density at radius 3 is 2.93 bits per heavy atom. The monoisotopic (exact) mass is 240 g/mol. The highest BCUT2D eigenvalue weighted by Crippen LogP contribution is 2.22. The van der Waals surface area contributed by atoms with E-state index in [1.165, 1.54) is 11.3 Å². The van der Waals surface area contributed by atoms with Gasteiger partial charge in [-0.2, -0.15) is 0 Å². The maximum atomic E-state index is 11.8. The highest BCUT2D eigenvalue weighted by Gasteiger charge is 2.11. The second kappa shape index (κ2) is 4.16. The maximum Gasteiger partial charge on any atom is 0.186 e. The van der Waals surface area contributed by atoms with Crippen LogP contribution in [-0.4, -0.2) is 15.3 Å². The van der Waals surface area contributed by atoms with Crippen LogP contribution in [0.5, 0.6) is 0 Å². The molecule has 0 amide bonds. The number of carbonyl (C=O) groups excluding carboxylic acids is 1. The molecule has 2 aromatic rings. The number of rotatable bonds is 3. The number of imidazole rings is 1. The lowest BCUT2D eigenvalue weighted by Crippen LogP contribution is -2.07. The molecular weight excluding hydrogens is 232 g/mol. The van der Waals surface area contributed by atoms with Gasteiger partial charge in [0.15, 0.2) is 5.78 Å². The Morgan fingerprint density at radius 2 is 2.40 bits per heavy atom. The van der Waals surface area contributed by atoms with Crippen LogP contribution in [0, 0.1) is 0 Å². The summed E-state index contributed by atoms with van der Waals surface area (Å²) in [5, 5.41) is 0. The summed E-state index contributed by atoms with van der Waals surface area (Å²) < 4.78 is 2.43. The molecule has 0 aliphatic heterocycles. The third-order valence-electron chi connectivity index (χ3n) is 2.07. The molecule has 0 aliphatic rings. The number of halogens is 1. The van der Waals surface area contributed by atoms with Crippen molar-refractivity contribution in [1.29, 1.82) is 0 Å². The maximum absolute atomic E-state index is 11.8. The van der Waals surface area contributed by atoms with Crippen LogP contribution in [0.15, 0.2) is 24.7 Å². The van der Waals surface area contributed by atoms with Gasteiger partial charge in [0.1, 0.15) is 5.69 Å². The van der Waals surface area contributed by atoms with E-state index in [-0.39, 0.29) is 5.78 Å².